The Bertz CT molecular complexity index is 443. The molecule has 0 saturated carbocycles. The molecular weight excluding hydrogens is 236 g/mol. The number of para-hydroxylation sites is 1. The molecule has 104 valence electrons. The van der Waals surface area contributed by atoms with Gasteiger partial charge in [-0.15, -0.1) is 0 Å². The maximum atomic E-state index is 12.1. The smallest absolute Gasteiger partial charge is 0.133 e. The van der Waals surface area contributed by atoms with E-state index in [1.165, 1.54) is 5.56 Å². The number of carbonyl (C=O) groups excluding carboxylic acids is 1. The second kappa shape index (κ2) is 5.77. The Balaban J connectivity index is 1.95. The highest BCUT2D eigenvalue weighted by Crippen LogP contribution is 2.36. The lowest BCUT2D eigenvalue weighted by Crippen LogP contribution is -2.18. The summed E-state index contributed by atoms with van der Waals surface area (Å²) < 4.78 is 5.64. The summed E-state index contributed by atoms with van der Waals surface area (Å²) in [5.74, 6) is 1.69. The highest BCUT2D eigenvalue weighted by atomic mass is 16.5. The first-order chi connectivity index (χ1) is 8.96. The van der Waals surface area contributed by atoms with Gasteiger partial charge in [0.15, 0.2) is 0 Å². The second-order valence-electron chi connectivity index (χ2n) is 6.68. The van der Waals surface area contributed by atoms with Gasteiger partial charge in [0.2, 0.25) is 0 Å². The molecular formula is C17H24O2. The number of rotatable bonds is 4. The molecule has 1 unspecified atom stereocenters. The van der Waals surface area contributed by atoms with E-state index in [0.29, 0.717) is 24.5 Å². The molecule has 0 radical (unpaired) electrons. The Morgan fingerprint density at radius 3 is 2.79 bits per heavy atom. The summed E-state index contributed by atoms with van der Waals surface area (Å²) in [6.45, 7) is 7.28. The zero-order valence-electron chi connectivity index (χ0n) is 12.2. The Kier molecular flexibility index (Phi) is 4.28. The fourth-order valence-electron chi connectivity index (χ4n) is 2.52. The van der Waals surface area contributed by atoms with Crippen LogP contribution in [0.15, 0.2) is 24.3 Å². The zero-order valence-corrected chi connectivity index (χ0v) is 12.2. The van der Waals surface area contributed by atoms with Crippen LogP contribution >= 0.6 is 0 Å². The van der Waals surface area contributed by atoms with Crippen molar-refractivity contribution < 1.29 is 9.53 Å². The molecule has 2 rings (SSSR count). The summed E-state index contributed by atoms with van der Waals surface area (Å²) in [5.41, 5.74) is 1.45. The first-order valence-corrected chi connectivity index (χ1v) is 7.19. The third-order valence-electron chi connectivity index (χ3n) is 3.71. The van der Waals surface area contributed by atoms with Crippen LogP contribution in [0.4, 0.5) is 0 Å². The second-order valence-corrected chi connectivity index (χ2v) is 6.68. The summed E-state index contributed by atoms with van der Waals surface area (Å²) >= 11 is 0. The number of Topliss-reactive ketones (excluding diaryl/α,β-unsaturated/α-hetero) is 1. The van der Waals surface area contributed by atoms with Crippen molar-refractivity contribution in [3.8, 4) is 5.75 Å². The van der Waals surface area contributed by atoms with E-state index >= 15 is 0 Å². The van der Waals surface area contributed by atoms with Crippen LogP contribution in [0.25, 0.3) is 0 Å². The SMILES string of the molecule is CC(C)(C)CCC(=O)CC1CCOc2ccccc21. The van der Waals surface area contributed by atoms with Crippen molar-refractivity contribution in [2.75, 3.05) is 6.61 Å². The molecule has 0 saturated heterocycles. The van der Waals surface area contributed by atoms with Gasteiger partial charge in [-0.25, -0.2) is 0 Å². The van der Waals surface area contributed by atoms with Crippen LogP contribution in [-0.4, -0.2) is 12.4 Å². The fourth-order valence-corrected chi connectivity index (χ4v) is 2.52. The Hall–Kier alpha value is -1.31. The quantitative estimate of drug-likeness (QED) is 0.805. The zero-order chi connectivity index (χ0) is 13.9. The number of ketones is 1. The van der Waals surface area contributed by atoms with Gasteiger partial charge in [0, 0.05) is 12.8 Å². The number of hydrogen-bond acceptors (Lipinski definition) is 2. The molecule has 0 N–H and O–H groups in total. The average Bonchev–Trinajstić information content (AvgIpc) is 2.36. The van der Waals surface area contributed by atoms with Gasteiger partial charge in [-0.1, -0.05) is 39.0 Å². The van der Waals surface area contributed by atoms with Crippen molar-refractivity contribution in [2.45, 2.75) is 52.4 Å². The van der Waals surface area contributed by atoms with Gasteiger partial charge in [-0.3, -0.25) is 4.79 Å². The summed E-state index contributed by atoms with van der Waals surface area (Å²) in [6.07, 6.45) is 3.29. The van der Waals surface area contributed by atoms with Crippen molar-refractivity contribution in [3.05, 3.63) is 29.8 Å². The summed E-state index contributed by atoms with van der Waals surface area (Å²) in [4.78, 5) is 12.1. The lowest BCUT2D eigenvalue weighted by atomic mass is 9.85. The van der Waals surface area contributed by atoms with Gasteiger partial charge < -0.3 is 4.74 Å². The van der Waals surface area contributed by atoms with E-state index in [4.69, 9.17) is 4.74 Å². The van der Waals surface area contributed by atoms with E-state index in [1.807, 2.05) is 18.2 Å². The van der Waals surface area contributed by atoms with Crippen molar-refractivity contribution >= 4 is 5.78 Å². The van der Waals surface area contributed by atoms with Crippen LogP contribution in [0.3, 0.4) is 0 Å². The van der Waals surface area contributed by atoms with Crippen LogP contribution in [0.5, 0.6) is 5.75 Å². The topological polar surface area (TPSA) is 26.3 Å². The third kappa shape index (κ3) is 4.09. The first-order valence-electron chi connectivity index (χ1n) is 7.19. The minimum Gasteiger partial charge on any atom is -0.493 e. The highest BCUT2D eigenvalue weighted by molar-refractivity contribution is 5.79. The van der Waals surface area contributed by atoms with E-state index < -0.39 is 0 Å². The molecule has 2 nitrogen and oxygen atoms in total. The maximum absolute atomic E-state index is 12.1. The molecule has 0 bridgehead atoms. The number of benzene rings is 1. The molecule has 1 atom stereocenters. The molecule has 0 aliphatic carbocycles. The van der Waals surface area contributed by atoms with E-state index in [9.17, 15) is 4.79 Å². The minimum absolute atomic E-state index is 0.239. The van der Waals surface area contributed by atoms with Crippen LogP contribution in [0.1, 0.15) is 57.9 Å². The Labute approximate surface area is 116 Å². The molecule has 1 aliphatic rings. The Morgan fingerprint density at radius 1 is 1.32 bits per heavy atom. The Morgan fingerprint density at radius 2 is 2.05 bits per heavy atom. The minimum atomic E-state index is 0.239. The van der Waals surface area contributed by atoms with Crippen molar-refractivity contribution in [2.24, 2.45) is 5.41 Å². The molecule has 1 heterocycles. The highest BCUT2D eigenvalue weighted by Gasteiger charge is 2.23. The van der Waals surface area contributed by atoms with E-state index in [-0.39, 0.29) is 5.41 Å². The molecule has 1 aromatic carbocycles. The van der Waals surface area contributed by atoms with Crippen molar-refractivity contribution in [1.29, 1.82) is 0 Å². The maximum Gasteiger partial charge on any atom is 0.133 e. The monoisotopic (exact) mass is 260 g/mol. The summed E-state index contributed by atoms with van der Waals surface area (Å²) in [7, 11) is 0. The molecule has 2 heteroatoms. The third-order valence-corrected chi connectivity index (χ3v) is 3.71. The van der Waals surface area contributed by atoms with Gasteiger partial charge in [0.1, 0.15) is 11.5 Å². The first kappa shape index (κ1) is 14.1. The number of fused-ring (bicyclic) bond motifs is 1. The predicted molar refractivity (Wildman–Crippen MR) is 77.6 cm³/mol. The van der Waals surface area contributed by atoms with Gasteiger partial charge in [0.05, 0.1) is 6.61 Å². The molecule has 0 aromatic heterocycles. The molecule has 1 aromatic rings. The van der Waals surface area contributed by atoms with Crippen LogP contribution in [0.2, 0.25) is 0 Å². The van der Waals surface area contributed by atoms with Crippen LogP contribution < -0.4 is 4.74 Å². The van der Waals surface area contributed by atoms with E-state index in [1.54, 1.807) is 0 Å². The van der Waals surface area contributed by atoms with Crippen LogP contribution in [-0.2, 0) is 4.79 Å². The van der Waals surface area contributed by atoms with E-state index in [0.717, 1.165) is 25.2 Å². The molecule has 1 aliphatic heterocycles. The lowest BCUT2D eigenvalue weighted by Gasteiger charge is -2.25. The summed E-state index contributed by atoms with van der Waals surface area (Å²) in [5, 5.41) is 0. The van der Waals surface area contributed by atoms with Gasteiger partial charge in [0.25, 0.3) is 0 Å². The molecule has 0 amide bonds. The molecule has 0 spiro atoms. The van der Waals surface area contributed by atoms with Crippen molar-refractivity contribution in [1.82, 2.24) is 0 Å². The van der Waals surface area contributed by atoms with Crippen LogP contribution in [0, 0.1) is 5.41 Å². The summed E-state index contributed by atoms with van der Waals surface area (Å²) in [6, 6.07) is 8.11. The van der Waals surface area contributed by atoms with E-state index in [2.05, 4.69) is 26.8 Å². The average molecular weight is 260 g/mol. The number of ether oxygens (including phenoxy) is 1. The van der Waals surface area contributed by atoms with Crippen molar-refractivity contribution in [3.63, 3.8) is 0 Å². The largest absolute Gasteiger partial charge is 0.493 e. The number of carbonyl (C=O) groups is 1. The predicted octanol–water partition coefficient (Wildman–Crippen LogP) is 4.34. The molecule has 0 fully saturated rings. The molecule has 19 heavy (non-hydrogen) atoms. The standard InChI is InChI=1S/C17H24O2/c1-17(2,3)10-8-14(18)12-13-9-11-19-16-7-5-4-6-15(13)16/h4-7,13H,8-12H2,1-3H3. The van der Waals surface area contributed by atoms with Gasteiger partial charge >= 0.3 is 0 Å². The van der Waals surface area contributed by atoms with Gasteiger partial charge in [-0.2, -0.15) is 0 Å². The normalized spacial score (nSPS) is 18.6. The lowest BCUT2D eigenvalue weighted by molar-refractivity contribution is -0.120. The van der Waals surface area contributed by atoms with Gasteiger partial charge in [-0.05, 0) is 35.8 Å². The fraction of sp³-hybridized carbons (Fsp3) is 0.588. The number of hydrogen-bond donors (Lipinski definition) is 0.